The minimum absolute atomic E-state index is 0.00881. The number of nitrogens with one attached hydrogen (secondary N) is 1. The zero-order valence-electron chi connectivity index (χ0n) is 20.6. The van der Waals surface area contributed by atoms with Crippen molar-refractivity contribution >= 4 is 17.8 Å². The van der Waals surface area contributed by atoms with Crippen molar-refractivity contribution in [2.75, 3.05) is 6.54 Å². The highest BCUT2D eigenvalue weighted by Crippen LogP contribution is 2.44. The van der Waals surface area contributed by atoms with Crippen molar-refractivity contribution in [3.8, 4) is 0 Å². The minimum atomic E-state index is -5.08. The molecule has 0 bridgehead atoms. The average molecular weight is 509 g/mol. The first-order valence-electron chi connectivity index (χ1n) is 12.9. The van der Waals surface area contributed by atoms with E-state index in [4.69, 9.17) is 9.90 Å². The van der Waals surface area contributed by atoms with Gasteiger partial charge in [0, 0.05) is 31.2 Å². The topological polar surface area (TPSA) is 85.2 Å². The van der Waals surface area contributed by atoms with E-state index < -0.39 is 12.1 Å². The quantitative estimate of drug-likeness (QED) is 0.601. The molecule has 1 saturated heterocycles. The molecule has 0 aromatic heterocycles. The average Bonchev–Trinajstić information content (AvgIpc) is 3.63. The Morgan fingerprint density at radius 3 is 2.33 bits per heavy atom. The zero-order valence-corrected chi connectivity index (χ0v) is 20.6. The number of hydrogen-bond acceptors (Lipinski definition) is 4. The number of nitrogens with zero attached hydrogens (tertiary/aromatic N) is 3. The first kappa shape index (κ1) is 26.4. The summed E-state index contributed by atoms with van der Waals surface area (Å²) >= 11 is 0. The van der Waals surface area contributed by atoms with Crippen molar-refractivity contribution in [2.45, 2.75) is 101 Å². The van der Waals surface area contributed by atoms with E-state index in [2.05, 4.69) is 57.4 Å². The van der Waals surface area contributed by atoms with Gasteiger partial charge in [-0.3, -0.25) is 4.90 Å². The fraction of sp³-hybridized carbons (Fsp3) is 0.654. The monoisotopic (exact) mass is 508 g/mol. The van der Waals surface area contributed by atoms with Crippen molar-refractivity contribution in [1.29, 1.82) is 0 Å². The van der Waals surface area contributed by atoms with Gasteiger partial charge >= 0.3 is 18.2 Å². The third-order valence-corrected chi connectivity index (χ3v) is 7.71. The van der Waals surface area contributed by atoms with E-state index in [0.29, 0.717) is 18.1 Å². The van der Waals surface area contributed by atoms with E-state index in [-0.39, 0.29) is 11.6 Å². The lowest BCUT2D eigenvalue weighted by Gasteiger charge is -2.49. The number of aliphatic carboxylic acids is 1. The molecule has 7 nitrogen and oxygen atoms in total. The fourth-order valence-corrected chi connectivity index (χ4v) is 5.75. The third kappa shape index (κ3) is 6.02. The molecule has 2 saturated carbocycles. The van der Waals surface area contributed by atoms with Gasteiger partial charge in [-0.25, -0.2) is 9.59 Å². The predicted molar refractivity (Wildman–Crippen MR) is 130 cm³/mol. The van der Waals surface area contributed by atoms with Gasteiger partial charge in [-0.1, -0.05) is 49.6 Å². The molecule has 4 aliphatic rings. The number of alkyl halides is 3. The van der Waals surface area contributed by atoms with Gasteiger partial charge in [-0.2, -0.15) is 18.2 Å². The molecule has 10 heteroatoms. The zero-order chi connectivity index (χ0) is 25.9. The lowest BCUT2D eigenvalue weighted by Crippen LogP contribution is -2.64. The Hall–Kier alpha value is -2.62. The summed E-state index contributed by atoms with van der Waals surface area (Å²) in [6.45, 7) is 4.33. The van der Waals surface area contributed by atoms with Gasteiger partial charge < -0.3 is 15.3 Å². The molecule has 2 atom stereocenters. The molecule has 1 aromatic rings. The van der Waals surface area contributed by atoms with Crippen molar-refractivity contribution in [2.24, 2.45) is 4.99 Å². The molecule has 2 aliphatic carbocycles. The Bertz CT molecular complexity index is 961. The van der Waals surface area contributed by atoms with Crippen LogP contribution in [0.15, 0.2) is 35.3 Å². The number of benzene rings is 1. The van der Waals surface area contributed by atoms with E-state index in [1.165, 1.54) is 37.7 Å². The number of carbonyl (C=O) groups excluding carboxylic acids is 1. The van der Waals surface area contributed by atoms with Gasteiger partial charge in [0.2, 0.25) is 0 Å². The second-order valence-electron chi connectivity index (χ2n) is 10.4. The van der Waals surface area contributed by atoms with Crippen LogP contribution in [0.5, 0.6) is 0 Å². The lowest BCUT2D eigenvalue weighted by molar-refractivity contribution is -0.192. The molecule has 1 spiro atoms. The molecule has 198 valence electrons. The van der Waals surface area contributed by atoms with E-state index in [9.17, 15) is 18.0 Å². The smallest absolute Gasteiger partial charge is 0.475 e. The molecule has 0 unspecified atom stereocenters. The summed E-state index contributed by atoms with van der Waals surface area (Å²) in [7, 11) is 0. The van der Waals surface area contributed by atoms with Crippen LogP contribution in [0, 0.1) is 0 Å². The maximum atomic E-state index is 12.9. The van der Waals surface area contributed by atoms with E-state index in [0.717, 1.165) is 44.6 Å². The van der Waals surface area contributed by atoms with Crippen LogP contribution < -0.4 is 5.32 Å². The Morgan fingerprint density at radius 2 is 1.78 bits per heavy atom. The Labute approximate surface area is 209 Å². The van der Waals surface area contributed by atoms with E-state index >= 15 is 0 Å². The summed E-state index contributed by atoms with van der Waals surface area (Å²) in [5, 5.41) is 10.9. The summed E-state index contributed by atoms with van der Waals surface area (Å²) in [5.74, 6) is -1.76. The Balaban J connectivity index is 0.000000384. The number of aliphatic imine (C=N–C) groups is 1. The largest absolute Gasteiger partial charge is 0.490 e. The fourth-order valence-electron chi connectivity index (χ4n) is 5.75. The van der Waals surface area contributed by atoms with E-state index in [1.54, 1.807) is 0 Å². The lowest BCUT2D eigenvalue weighted by atomic mass is 9.80. The summed E-state index contributed by atoms with van der Waals surface area (Å²) in [4.78, 5) is 31.2. The van der Waals surface area contributed by atoms with Crippen LogP contribution in [0.3, 0.4) is 0 Å². The third-order valence-electron chi connectivity index (χ3n) is 7.71. The molecule has 5 rings (SSSR count). The summed E-state index contributed by atoms with van der Waals surface area (Å²) in [5.41, 5.74) is 1.16. The van der Waals surface area contributed by atoms with Crippen molar-refractivity contribution in [3.63, 3.8) is 0 Å². The number of carboxylic acid groups (broad SMARTS) is 1. The molecular formula is C26H35F3N4O3. The van der Waals surface area contributed by atoms with Gasteiger partial charge in [0.25, 0.3) is 0 Å². The summed E-state index contributed by atoms with van der Waals surface area (Å²) in [6, 6.07) is 12.1. The summed E-state index contributed by atoms with van der Waals surface area (Å²) in [6.07, 6.45) is 5.52. The SMILES string of the molecule is C[C@H]1C[C@]2(CCN1Cc1ccccc1)C(NC1CCCCC1)=NC(=O)N2C1CC1.O=C(O)C(F)(F)F. The number of rotatable bonds is 4. The van der Waals surface area contributed by atoms with Crippen LogP contribution in [0.1, 0.15) is 70.3 Å². The number of likely N-dealkylation sites (tertiary alicyclic amines) is 1. The Kier molecular flexibility index (Phi) is 7.92. The van der Waals surface area contributed by atoms with E-state index in [1.807, 2.05) is 0 Å². The molecular weight excluding hydrogens is 473 g/mol. The van der Waals surface area contributed by atoms with Crippen molar-refractivity contribution in [1.82, 2.24) is 15.1 Å². The van der Waals surface area contributed by atoms with Crippen LogP contribution >= 0.6 is 0 Å². The Morgan fingerprint density at radius 1 is 1.14 bits per heavy atom. The number of amidine groups is 1. The van der Waals surface area contributed by atoms with Gasteiger partial charge in [-0.05, 0) is 51.0 Å². The second-order valence-corrected chi connectivity index (χ2v) is 10.4. The molecule has 36 heavy (non-hydrogen) atoms. The number of carboxylic acids is 1. The molecule has 2 heterocycles. The number of halogens is 3. The predicted octanol–water partition coefficient (Wildman–Crippen LogP) is 4.96. The number of amides is 2. The highest BCUT2D eigenvalue weighted by molar-refractivity contribution is 6.07. The number of hydrogen-bond donors (Lipinski definition) is 2. The van der Waals surface area contributed by atoms with Crippen molar-refractivity contribution < 1.29 is 27.9 Å². The minimum Gasteiger partial charge on any atom is -0.475 e. The second kappa shape index (κ2) is 10.8. The molecule has 2 aliphatic heterocycles. The van der Waals surface area contributed by atoms with Gasteiger partial charge in [0.05, 0.1) is 0 Å². The first-order chi connectivity index (χ1) is 17.1. The highest BCUT2D eigenvalue weighted by Gasteiger charge is 2.57. The van der Waals surface area contributed by atoms with Crippen LogP contribution in [-0.4, -0.2) is 69.1 Å². The summed E-state index contributed by atoms with van der Waals surface area (Å²) < 4.78 is 31.7. The molecule has 0 radical (unpaired) electrons. The van der Waals surface area contributed by atoms with Crippen LogP contribution in [-0.2, 0) is 11.3 Å². The maximum absolute atomic E-state index is 12.9. The maximum Gasteiger partial charge on any atom is 0.490 e. The van der Waals surface area contributed by atoms with Crippen LogP contribution in [0.4, 0.5) is 18.0 Å². The molecule has 2 amide bonds. The normalized spacial score (nSPS) is 27.4. The van der Waals surface area contributed by atoms with Crippen molar-refractivity contribution in [3.05, 3.63) is 35.9 Å². The number of piperidine rings is 1. The molecule has 3 fully saturated rings. The number of carbonyl (C=O) groups is 2. The van der Waals surface area contributed by atoms with Crippen LogP contribution in [0.25, 0.3) is 0 Å². The van der Waals surface area contributed by atoms with Gasteiger partial charge in [0.1, 0.15) is 11.4 Å². The molecule has 1 aromatic carbocycles. The van der Waals surface area contributed by atoms with Crippen LogP contribution in [0.2, 0.25) is 0 Å². The molecule has 2 N–H and O–H groups in total. The number of urea groups is 1. The highest BCUT2D eigenvalue weighted by atomic mass is 19.4. The standard InChI is InChI=1S/C24H34N4O.C2HF3O2/c1-18-16-24(14-15-27(18)17-19-8-4-2-5-9-19)22(25-20-10-6-3-7-11-20)26-23(29)28(24)21-12-13-21;3-2(4,5)1(6)7/h2,4-5,8-9,18,20-21H,3,6-7,10-17H2,1H3,(H,25,26,29);(H,6,7)/t18-,24+;/m0./s1. The first-order valence-corrected chi connectivity index (χ1v) is 12.9. The van der Waals surface area contributed by atoms with Gasteiger partial charge in [0.15, 0.2) is 0 Å². The van der Waals surface area contributed by atoms with Gasteiger partial charge in [-0.15, -0.1) is 0 Å².